The standard InChI is InChI=1S/C41H51N5O5/c1-9-12-13-16-42-41(49)38-26(7)34-21-36-28(11-3)24(5)32(44-36)20-35-27(10-2)23(4)31(43-35)19-33-25(6)29(15-14-17-51-22-47)39(45-33)30(40(38)46-34)18-37(48)50-8/h10,19-22,25,29,43,46H,2,9,11-18H2,1,3-8H3,(H,42,49)/t25-,29-/m0/s1. The van der Waals surface area contributed by atoms with Gasteiger partial charge < -0.3 is 24.8 Å². The van der Waals surface area contributed by atoms with Crippen LogP contribution in [0.5, 0.6) is 0 Å². The monoisotopic (exact) mass is 693 g/mol. The largest absolute Gasteiger partial charge is 0.469 e. The molecular formula is C41H51N5O5. The van der Waals surface area contributed by atoms with Crippen LogP contribution in [0, 0.1) is 13.8 Å². The number of amides is 1. The highest BCUT2D eigenvalue weighted by Crippen LogP contribution is 2.43. The summed E-state index contributed by atoms with van der Waals surface area (Å²) in [6.45, 7) is 17.8. The number of hydrogen-bond donors (Lipinski definition) is 3. The molecule has 51 heavy (non-hydrogen) atoms. The number of ether oxygens (including phenoxy) is 2. The van der Waals surface area contributed by atoms with E-state index in [1.165, 1.54) is 7.11 Å². The van der Waals surface area contributed by atoms with Crippen molar-refractivity contribution >= 4 is 57.6 Å². The second-order valence-electron chi connectivity index (χ2n) is 13.5. The minimum atomic E-state index is -0.440. The van der Waals surface area contributed by atoms with E-state index < -0.39 is 5.97 Å². The van der Waals surface area contributed by atoms with Gasteiger partial charge in [0.1, 0.15) is 0 Å². The van der Waals surface area contributed by atoms with Crippen molar-refractivity contribution in [2.45, 2.75) is 98.3 Å². The highest BCUT2D eigenvalue weighted by Gasteiger charge is 2.33. The van der Waals surface area contributed by atoms with Gasteiger partial charge in [-0.15, -0.1) is 0 Å². The molecule has 3 aromatic heterocycles. The van der Waals surface area contributed by atoms with Crippen molar-refractivity contribution in [2.24, 2.45) is 0 Å². The van der Waals surface area contributed by atoms with Crippen LogP contribution in [-0.2, 0) is 25.5 Å². The number of nitrogens with one attached hydrogen (secondary N) is 3. The van der Waals surface area contributed by atoms with Crippen molar-refractivity contribution < 1.29 is 23.9 Å². The summed E-state index contributed by atoms with van der Waals surface area (Å²) in [5.74, 6) is -0.837. The fourth-order valence-electron chi connectivity index (χ4n) is 7.43. The summed E-state index contributed by atoms with van der Waals surface area (Å²) in [4.78, 5) is 55.9. The Morgan fingerprint density at radius 2 is 1.73 bits per heavy atom. The molecule has 0 radical (unpaired) electrons. The van der Waals surface area contributed by atoms with E-state index in [1.807, 2.05) is 19.1 Å². The fraction of sp³-hybridized carbons (Fsp3) is 0.439. The Labute approximate surface area is 300 Å². The SMILES string of the molecule is C=Cc1c(C)c2cc3nc(c(CC(=O)OC)c4[nH]c(cc5nc(cc1[nH]2)C(C)=C5CC)c(C)c4C(=O)NCCCCC)[C@@H](CCCOC=O)[C@@H]3C. The zero-order chi connectivity index (χ0) is 36.8. The third-order valence-electron chi connectivity index (χ3n) is 10.4. The molecule has 1 amide bonds. The Hall–Kier alpha value is -4.99. The first-order chi connectivity index (χ1) is 24.6. The number of aromatic nitrogens is 4. The summed E-state index contributed by atoms with van der Waals surface area (Å²) in [5.41, 5.74) is 12.4. The van der Waals surface area contributed by atoms with Crippen molar-refractivity contribution in [1.29, 1.82) is 0 Å². The molecule has 3 N–H and O–H groups in total. The number of carbonyl (C=O) groups excluding carboxylic acids is 3. The number of esters is 1. The molecule has 5 rings (SSSR count). The van der Waals surface area contributed by atoms with E-state index in [0.29, 0.717) is 48.2 Å². The first kappa shape index (κ1) is 37.3. The molecule has 10 nitrogen and oxygen atoms in total. The molecule has 5 heterocycles. The van der Waals surface area contributed by atoms with E-state index in [0.717, 1.165) is 87.2 Å². The minimum Gasteiger partial charge on any atom is -0.469 e. The molecule has 270 valence electrons. The molecule has 0 spiro atoms. The van der Waals surface area contributed by atoms with Crippen molar-refractivity contribution in [3.05, 3.63) is 75.4 Å². The van der Waals surface area contributed by atoms with E-state index in [1.54, 1.807) is 0 Å². The van der Waals surface area contributed by atoms with Crippen molar-refractivity contribution in [3.8, 4) is 0 Å². The Morgan fingerprint density at radius 1 is 0.980 bits per heavy atom. The zero-order valence-corrected chi connectivity index (χ0v) is 31.0. The summed E-state index contributed by atoms with van der Waals surface area (Å²) < 4.78 is 10.3. The predicted octanol–water partition coefficient (Wildman–Crippen LogP) is 8.39. The molecule has 2 aliphatic heterocycles. The Bertz CT molecular complexity index is 2040. The summed E-state index contributed by atoms with van der Waals surface area (Å²) in [5, 5.41) is 3.14. The molecule has 2 aliphatic rings. The molecule has 2 atom stereocenters. The number of H-pyrrole nitrogens is 2. The van der Waals surface area contributed by atoms with E-state index >= 15 is 0 Å². The van der Waals surface area contributed by atoms with E-state index in [9.17, 15) is 14.4 Å². The van der Waals surface area contributed by atoms with Gasteiger partial charge in [0.25, 0.3) is 12.4 Å². The van der Waals surface area contributed by atoms with Gasteiger partial charge in [-0.25, -0.2) is 4.98 Å². The van der Waals surface area contributed by atoms with E-state index in [4.69, 9.17) is 19.4 Å². The molecule has 0 unspecified atom stereocenters. The Balaban J connectivity index is 1.95. The number of methoxy groups -OCH3 is 1. The number of rotatable bonds is 14. The summed E-state index contributed by atoms with van der Waals surface area (Å²) >= 11 is 0. The van der Waals surface area contributed by atoms with Crippen LogP contribution in [-0.4, -0.2) is 58.5 Å². The summed E-state index contributed by atoms with van der Waals surface area (Å²) in [6, 6.07) is 6.16. The van der Waals surface area contributed by atoms with Crippen LogP contribution in [0.15, 0.2) is 24.8 Å². The van der Waals surface area contributed by atoms with Gasteiger partial charge in [0.2, 0.25) is 0 Å². The van der Waals surface area contributed by atoms with Gasteiger partial charge in [0.05, 0.1) is 48.3 Å². The molecule has 0 saturated heterocycles. The van der Waals surface area contributed by atoms with Crippen LogP contribution in [0.4, 0.5) is 0 Å². The highest BCUT2D eigenvalue weighted by molar-refractivity contribution is 6.06. The number of allylic oxidation sites excluding steroid dienone is 2. The van der Waals surface area contributed by atoms with Gasteiger partial charge in [-0.2, -0.15) is 0 Å². The van der Waals surface area contributed by atoms with Crippen LogP contribution in [0.3, 0.4) is 0 Å². The first-order valence-electron chi connectivity index (χ1n) is 18.1. The third kappa shape index (κ3) is 7.55. The lowest BCUT2D eigenvalue weighted by Crippen LogP contribution is -2.25. The van der Waals surface area contributed by atoms with Gasteiger partial charge in [0, 0.05) is 51.8 Å². The fourth-order valence-corrected chi connectivity index (χ4v) is 7.43. The van der Waals surface area contributed by atoms with Crippen LogP contribution in [0.25, 0.3) is 39.3 Å². The van der Waals surface area contributed by atoms with Crippen molar-refractivity contribution in [1.82, 2.24) is 25.3 Å². The number of unbranched alkanes of at least 4 members (excludes halogenated alkanes) is 2. The zero-order valence-electron chi connectivity index (χ0n) is 31.0. The molecule has 0 aliphatic carbocycles. The van der Waals surface area contributed by atoms with Gasteiger partial charge in [-0.05, 0) is 86.9 Å². The number of carbonyl (C=O) groups is 3. The smallest absolute Gasteiger partial charge is 0.310 e. The molecule has 0 saturated carbocycles. The number of nitrogens with zero attached hydrogens (tertiary/aromatic N) is 2. The molecular weight excluding hydrogens is 642 g/mol. The maximum Gasteiger partial charge on any atom is 0.310 e. The van der Waals surface area contributed by atoms with E-state index in [-0.39, 0.29) is 30.8 Å². The summed E-state index contributed by atoms with van der Waals surface area (Å²) in [6.07, 6.45) is 6.71. The lowest BCUT2D eigenvalue weighted by atomic mass is 9.85. The minimum absolute atomic E-state index is 0.0523. The van der Waals surface area contributed by atoms with Crippen molar-refractivity contribution in [3.63, 3.8) is 0 Å². The lowest BCUT2D eigenvalue weighted by molar-refractivity contribution is -0.139. The quantitative estimate of drug-likeness (QED) is 0.0876. The molecule has 10 heteroatoms. The first-order valence-corrected chi connectivity index (χ1v) is 18.1. The normalized spacial score (nSPS) is 15.5. The van der Waals surface area contributed by atoms with Crippen LogP contribution < -0.4 is 5.32 Å². The second kappa shape index (κ2) is 16.4. The number of aryl methyl sites for hydroxylation is 2. The average molecular weight is 694 g/mol. The molecule has 3 aromatic rings. The Morgan fingerprint density at radius 3 is 2.41 bits per heavy atom. The van der Waals surface area contributed by atoms with Crippen LogP contribution in [0.1, 0.15) is 133 Å². The maximum absolute atomic E-state index is 14.1. The third-order valence-corrected chi connectivity index (χ3v) is 10.4. The topological polar surface area (TPSA) is 139 Å². The van der Waals surface area contributed by atoms with Crippen LogP contribution in [0.2, 0.25) is 0 Å². The molecule has 0 fully saturated rings. The summed E-state index contributed by atoms with van der Waals surface area (Å²) in [7, 11) is 1.37. The van der Waals surface area contributed by atoms with Crippen LogP contribution >= 0.6 is 0 Å². The second-order valence-corrected chi connectivity index (χ2v) is 13.5. The predicted molar refractivity (Wildman–Crippen MR) is 203 cm³/mol. The highest BCUT2D eigenvalue weighted by atomic mass is 16.5. The molecule has 0 aromatic carbocycles. The van der Waals surface area contributed by atoms with Crippen molar-refractivity contribution in [2.75, 3.05) is 20.3 Å². The average Bonchev–Trinajstić information content (AvgIpc) is 3.80. The van der Waals surface area contributed by atoms with Gasteiger partial charge >= 0.3 is 5.97 Å². The number of fused-ring (bicyclic) bond motifs is 8. The van der Waals surface area contributed by atoms with Gasteiger partial charge in [0.15, 0.2) is 0 Å². The van der Waals surface area contributed by atoms with Gasteiger partial charge in [-0.1, -0.05) is 46.3 Å². The molecule has 8 bridgehead atoms. The lowest BCUT2D eigenvalue weighted by Gasteiger charge is -2.18. The van der Waals surface area contributed by atoms with E-state index in [2.05, 4.69) is 68.6 Å². The van der Waals surface area contributed by atoms with Gasteiger partial charge in [-0.3, -0.25) is 19.4 Å². The Kier molecular flexibility index (Phi) is 12.0. The maximum atomic E-state index is 14.1. The number of aromatic amines is 2. The number of hydrogen-bond acceptors (Lipinski definition) is 7.